The molecule has 0 atom stereocenters. The number of aryl methyl sites for hydroxylation is 1. The second kappa shape index (κ2) is 4.25. The summed E-state index contributed by atoms with van der Waals surface area (Å²) in [4.78, 5) is 0. The minimum absolute atomic E-state index is 0.203. The zero-order valence-corrected chi connectivity index (χ0v) is 11.0. The first-order chi connectivity index (χ1) is 7.07. The molecule has 0 aliphatic carbocycles. The van der Waals surface area contributed by atoms with E-state index in [1.165, 1.54) is 6.07 Å². The maximum atomic E-state index is 13.1. The summed E-state index contributed by atoms with van der Waals surface area (Å²) in [6.07, 6.45) is -5.61. The van der Waals surface area contributed by atoms with Crippen molar-refractivity contribution in [1.29, 1.82) is 0 Å². The van der Waals surface area contributed by atoms with E-state index in [9.17, 15) is 22.0 Å². The molecule has 1 aromatic rings. The van der Waals surface area contributed by atoms with Crippen LogP contribution >= 0.6 is 31.9 Å². The third kappa shape index (κ3) is 2.40. The topological polar surface area (TPSA) is 0 Å². The van der Waals surface area contributed by atoms with Crippen molar-refractivity contribution in [3.05, 3.63) is 32.2 Å². The molecule has 0 fully saturated rings. The number of hydrogen-bond acceptors (Lipinski definition) is 0. The van der Waals surface area contributed by atoms with Gasteiger partial charge in [-0.1, -0.05) is 31.9 Å². The second-order valence-corrected chi connectivity index (χ2v) is 4.86. The minimum Gasteiger partial charge on any atom is -0.191 e. The van der Waals surface area contributed by atoms with E-state index >= 15 is 0 Å². The van der Waals surface area contributed by atoms with Gasteiger partial charge in [0.15, 0.2) is 0 Å². The van der Waals surface area contributed by atoms with E-state index in [0.29, 0.717) is 5.56 Å². The van der Waals surface area contributed by atoms with Crippen LogP contribution in [0.3, 0.4) is 0 Å². The third-order valence-corrected chi connectivity index (χ3v) is 3.45. The van der Waals surface area contributed by atoms with E-state index in [1.807, 2.05) is 0 Å². The molecule has 0 aliphatic heterocycles. The summed E-state index contributed by atoms with van der Waals surface area (Å²) in [6, 6.07) is 1.98. The predicted molar refractivity (Wildman–Crippen MR) is 56.5 cm³/mol. The number of hydrogen-bond donors (Lipinski definition) is 0. The Kier molecular flexibility index (Phi) is 3.69. The molecule has 1 aromatic carbocycles. The zero-order valence-electron chi connectivity index (χ0n) is 7.80. The molecule has 0 N–H and O–H groups in total. The molecular formula is C9H5Br2F5. The van der Waals surface area contributed by atoms with Crippen molar-refractivity contribution in [3.8, 4) is 0 Å². The van der Waals surface area contributed by atoms with E-state index in [4.69, 9.17) is 0 Å². The van der Waals surface area contributed by atoms with E-state index < -0.39 is 17.7 Å². The van der Waals surface area contributed by atoms with Crippen molar-refractivity contribution < 1.29 is 22.0 Å². The molecule has 0 heterocycles. The van der Waals surface area contributed by atoms with Crippen LogP contribution in [0.15, 0.2) is 21.1 Å². The summed E-state index contributed by atoms with van der Waals surface area (Å²) in [5.74, 6) is -4.87. The number of halogens is 7. The summed E-state index contributed by atoms with van der Waals surface area (Å²) in [6.45, 7) is 1.59. The van der Waals surface area contributed by atoms with Crippen LogP contribution in [0.5, 0.6) is 0 Å². The van der Waals surface area contributed by atoms with Crippen LogP contribution in [0.4, 0.5) is 22.0 Å². The Labute approximate surface area is 105 Å². The van der Waals surface area contributed by atoms with E-state index in [0.717, 1.165) is 6.07 Å². The number of rotatable bonds is 1. The molecule has 16 heavy (non-hydrogen) atoms. The second-order valence-electron chi connectivity index (χ2n) is 3.15. The van der Waals surface area contributed by atoms with Gasteiger partial charge in [0.2, 0.25) is 0 Å². The van der Waals surface area contributed by atoms with Gasteiger partial charge < -0.3 is 0 Å². The van der Waals surface area contributed by atoms with Gasteiger partial charge in [0.25, 0.3) is 0 Å². The first kappa shape index (κ1) is 13.9. The van der Waals surface area contributed by atoms with Crippen molar-refractivity contribution in [1.82, 2.24) is 0 Å². The quantitative estimate of drug-likeness (QED) is 0.600. The summed E-state index contributed by atoms with van der Waals surface area (Å²) in [5, 5.41) is 0. The van der Waals surface area contributed by atoms with Crippen LogP contribution in [0.2, 0.25) is 0 Å². The molecule has 1 rings (SSSR count). The summed E-state index contributed by atoms with van der Waals surface area (Å²) >= 11 is 5.63. The molecule has 0 saturated carbocycles. The molecule has 0 amide bonds. The number of benzene rings is 1. The minimum atomic E-state index is -5.61. The molecule has 0 spiro atoms. The fraction of sp³-hybridized carbons (Fsp3) is 0.333. The van der Waals surface area contributed by atoms with Gasteiger partial charge >= 0.3 is 12.1 Å². The van der Waals surface area contributed by atoms with E-state index in [-0.39, 0.29) is 8.95 Å². The van der Waals surface area contributed by atoms with Crippen molar-refractivity contribution in [3.63, 3.8) is 0 Å². The lowest BCUT2D eigenvalue weighted by molar-refractivity contribution is -0.289. The largest absolute Gasteiger partial charge is 0.458 e. The highest BCUT2D eigenvalue weighted by atomic mass is 79.9. The third-order valence-electron chi connectivity index (χ3n) is 1.94. The van der Waals surface area contributed by atoms with Crippen LogP contribution < -0.4 is 0 Å². The van der Waals surface area contributed by atoms with Gasteiger partial charge in [-0.3, -0.25) is 0 Å². The fourth-order valence-electron chi connectivity index (χ4n) is 1.04. The van der Waals surface area contributed by atoms with Crippen molar-refractivity contribution >= 4 is 31.9 Å². The van der Waals surface area contributed by atoms with Gasteiger partial charge in [-0.2, -0.15) is 22.0 Å². The molecule has 90 valence electrons. The Hall–Kier alpha value is -0.170. The molecule has 0 aromatic heterocycles. The molecular weight excluding hydrogens is 363 g/mol. The smallest absolute Gasteiger partial charge is 0.191 e. The molecule has 0 radical (unpaired) electrons. The Balaban J connectivity index is 3.39. The summed E-state index contributed by atoms with van der Waals surface area (Å²) < 4.78 is 62.5. The van der Waals surface area contributed by atoms with E-state index in [1.54, 1.807) is 6.92 Å². The van der Waals surface area contributed by atoms with Crippen LogP contribution in [0.25, 0.3) is 0 Å². The summed E-state index contributed by atoms with van der Waals surface area (Å²) in [7, 11) is 0. The lowest BCUT2D eigenvalue weighted by atomic mass is 10.1. The maximum absolute atomic E-state index is 13.1. The molecule has 0 unspecified atom stereocenters. The normalized spacial score (nSPS) is 13.0. The monoisotopic (exact) mass is 366 g/mol. The van der Waals surface area contributed by atoms with E-state index in [2.05, 4.69) is 31.9 Å². The Morgan fingerprint density at radius 1 is 0.938 bits per heavy atom. The standard InChI is InChI=1S/C9H5Br2F5/c1-4-2-7(11)5(3-6(4)10)8(12,13)9(14,15)16/h2-3H,1H3. The lowest BCUT2D eigenvalue weighted by Crippen LogP contribution is -2.34. The highest BCUT2D eigenvalue weighted by molar-refractivity contribution is 9.11. The number of alkyl halides is 5. The van der Waals surface area contributed by atoms with Gasteiger partial charge in [-0.15, -0.1) is 0 Å². The molecule has 7 heteroatoms. The van der Waals surface area contributed by atoms with Crippen LogP contribution in [0, 0.1) is 6.92 Å². The average Bonchev–Trinajstić information content (AvgIpc) is 2.09. The summed E-state index contributed by atoms with van der Waals surface area (Å²) in [5.41, 5.74) is -0.536. The molecule has 0 bridgehead atoms. The van der Waals surface area contributed by atoms with Crippen LogP contribution in [-0.4, -0.2) is 6.18 Å². The Morgan fingerprint density at radius 2 is 1.44 bits per heavy atom. The highest BCUT2D eigenvalue weighted by Crippen LogP contribution is 2.47. The Bertz CT molecular complexity index is 411. The maximum Gasteiger partial charge on any atom is 0.458 e. The molecule has 0 nitrogen and oxygen atoms in total. The predicted octanol–water partition coefficient (Wildman–Crippen LogP) is 5.17. The highest BCUT2D eigenvalue weighted by Gasteiger charge is 2.59. The molecule has 0 saturated heterocycles. The van der Waals surface area contributed by atoms with Gasteiger partial charge in [0.1, 0.15) is 0 Å². The molecule has 0 aliphatic rings. The Morgan fingerprint density at radius 3 is 1.88 bits per heavy atom. The van der Waals surface area contributed by atoms with Gasteiger partial charge in [0.05, 0.1) is 0 Å². The van der Waals surface area contributed by atoms with Crippen molar-refractivity contribution in [2.75, 3.05) is 0 Å². The SMILES string of the molecule is Cc1cc(Br)c(C(F)(F)C(F)(F)F)cc1Br. The van der Waals surface area contributed by atoms with Gasteiger partial charge in [-0.25, -0.2) is 0 Å². The average molecular weight is 368 g/mol. The lowest BCUT2D eigenvalue weighted by Gasteiger charge is -2.21. The first-order valence-electron chi connectivity index (χ1n) is 3.98. The van der Waals surface area contributed by atoms with Gasteiger partial charge in [-0.05, 0) is 24.6 Å². The van der Waals surface area contributed by atoms with Gasteiger partial charge in [0, 0.05) is 14.5 Å². The van der Waals surface area contributed by atoms with Crippen molar-refractivity contribution in [2.45, 2.75) is 19.0 Å². The van der Waals surface area contributed by atoms with Crippen LogP contribution in [0.1, 0.15) is 11.1 Å². The van der Waals surface area contributed by atoms with Crippen LogP contribution in [-0.2, 0) is 5.92 Å². The fourth-order valence-corrected chi connectivity index (χ4v) is 2.09. The van der Waals surface area contributed by atoms with Crippen molar-refractivity contribution in [2.24, 2.45) is 0 Å². The first-order valence-corrected chi connectivity index (χ1v) is 5.56. The zero-order chi connectivity index (χ0) is 12.7.